The monoisotopic (exact) mass is 313 g/mol. The molecule has 2 aromatic rings. The number of halogens is 1. The van der Waals surface area contributed by atoms with Crippen LogP contribution in [0.15, 0.2) is 30.5 Å². The maximum atomic E-state index is 13.2. The summed E-state index contributed by atoms with van der Waals surface area (Å²) in [4.78, 5) is 2.69. The zero-order valence-corrected chi connectivity index (χ0v) is 13.5. The normalized spacial score (nSPS) is 23.4. The minimum atomic E-state index is -0.191. The van der Waals surface area contributed by atoms with Gasteiger partial charge >= 0.3 is 0 Å². The number of aromatic amines is 1. The summed E-state index contributed by atoms with van der Waals surface area (Å²) in [5, 5.41) is 7.51. The minimum absolute atomic E-state index is 0.191. The van der Waals surface area contributed by atoms with Crippen molar-refractivity contribution in [2.75, 3.05) is 13.1 Å². The summed E-state index contributed by atoms with van der Waals surface area (Å²) in [6.45, 7) is 2.36. The maximum Gasteiger partial charge on any atom is 0.123 e. The molecule has 0 bridgehead atoms. The van der Waals surface area contributed by atoms with E-state index in [9.17, 15) is 4.39 Å². The van der Waals surface area contributed by atoms with Gasteiger partial charge in [0.25, 0.3) is 0 Å². The fourth-order valence-corrected chi connectivity index (χ4v) is 4.31. The van der Waals surface area contributed by atoms with Crippen LogP contribution in [0.5, 0.6) is 0 Å². The van der Waals surface area contributed by atoms with Gasteiger partial charge in [-0.1, -0.05) is 25.0 Å². The van der Waals surface area contributed by atoms with Crippen LogP contribution in [0.25, 0.3) is 11.1 Å². The molecule has 2 aliphatic rings. The zero-order valence-electron chi connectivity index (χ0n) is 13.5. The summed E-state index contributed by atoms with van der Waals surface area (Å²) >= 11 is 0. The van der Waals surface area contributed by atoms with Crippen molar-refractivity contribution < 1.29 is 4.39 Å². The Morgan fingerprint density at radius 2 is 1.83 bits per heavy atom. The molecule has 0 amide bonds. The summed E-state index contributed by atoms with van der Waals surface area (Å²) < 4.78 is 13.2. The predicted molar refractivity (Wildman–Crippen MR) is 89.8 cm³/mol. The van der Waals surface area contributed by atoms with Gasteiger partial charge in [0, 0.05) is 29.8 Å². The first kappa shape index (κ1) is 14.9. The second-order valence-corrected chi connectivity index (χ2v) is 6.98. The van der Waals surface area contributed by atoms with Crippen molar-refractivity contribution >= 4 is 0 Å². The van der Waals surface area contributed by atoms with Crippen molar-refractivity contribution in [1.82, 2.24) is 15.1 Å². The summed E-state index contributed by atoms with van der Waals surface area (Å²) in [7, 11) is 0. The molecule has 4 heteroatoms. The molecular weight excluding hydrogens is 289 g/mol. The second kappa shape index (κ2) is 6.44. The van der Waals surface area contributed by atoms with E-state index in [2.05, 4.69) is 15.1 Å². The topological polar surface area (TPSA) is 31.9 Å². The molecule has 1 saturated heterocycles. The van der Waals surface area contributed by atoms with Crippen LogP contribution in [0, 0.1) is 5.82 Å². The molecule has 0 radical (unpaired) electrons. The lowest BCUT2D eigenvalue weighted by Crippen LogP contribution is -2.40. The Morgan fingerprint density at radius 1 is 1.04 bits per heavy atom. The van der Waals surface area contributed by atoms with Crippen LogP contribution in [0.1, 0.15) is 50.1 Å². The molecule has 1 atom stereocenters. The van der Waals surface area contributed by atoms with Crippen molar-refractivity contribution in [1.29, 1.82) is 0 Å². The fourth-order valence-electron chi connectivity index (χ4n) is 4.31. The number of aromatic nitrogens is 2. The third kappa shape index (κ3) is 3.05. The van der Waals surface area contributed by atoms with Gasteiger partial charge in [-0.3, -0.25) is 10.00 Å². The first-order valence-corrected chi connectivity index (χ1v) is 8.84. The SMILES string of the molecule is Fc1ccc(-c2cn[nH]c2[C@H]2CCCN(C3CCCC3)C2)cc1. The second-order valence-electron chi connectivity index (χ2n) is 6.98. The van der Waals surface area contributed by atoms with Crippen molar-refractivity contribution in [3.63, 3.8) is 0 Å². The first-order valence-electron chi connectivity index (χ1n) is 8.84. The largest absolute Gasteiger partial charge is 0.300 e. The lowest BCUT2D eigenvalue weighted by Gasteiger charge is -2.36. The summed E-state index contributed by atoms with van der Waals surface area (Å²) in [6, 6.07) is 7.54. The molecule has 1 aromatic heterocycles. The van der Waals surface area contributed by atoms with E-state index in [0.717, 1.165) is 23.7 Å². The summed E-state index contributed by atoms with van der Waals surface area (Å²) in [5.74, 6) is 0.316. The molecule has 23 heavy (non-hydrogen) atoms. The quantitative estimate of drug-likeness (QED) is 0.914. The Labute approximate surface area is 136 Å². The van der Waals surface area contributed by atoms with Crippen LogP contribution >= 0.6 is 0 Å². The van der Waals surface area contributed by atoms with Crippen LogP contribution in [0.4, 0.5) is 4.39 Å². The highest BCUT2D eigenvalue weighted by molar-refractivity contribution is 5.65. The zero-order chi connectivity index (χ0) is 15.6. The molecule has 1 aromatic carbocycles. The number of H-pyrrole nitrogens is 1. The molecule has 1 aliphatic carbocycles. The van der Waals surface area contributed by atoms with E-state index in [4.69, 9.17) is 0 Å². The molecule has 1 saturated carbocycles. The van der Waals surface area contributed by atoms with Crippen molar-refractivity contribution in [3.8, 4) is 11.1 Å². The smallest absolute Gasteiger partial charge is 0.123 e. The third-order valence-electron chi connectivity index (χ3n) is 5.53. The standard InChI is InChI=1S/C19H24FN3/c20-16-9-7-14(8-10-16)18-12-21-22-19(18)15-4-3-11-23(13-15)17-5-1-2-6-17/h7-10,12,15,17H,1-6,11,13H2,(H,21,22)/t15-/m0/s1. The first-order chi connectivity index (χ1) is 11.3. The molecule has 0 unspecified atom stereocenters. The Balaban J connectivity index is 1.56. The number of nitrogens with one attached hydrogen (secondary N) is 1. The van der Waals surface area contributed by atoms with E-state index >= 15 is 0 Å². The van der Waals surface area contributed by atoms with Gasteiger partial charge < -0.3 is 0 Å². The summed E-state index contributed by atoms with van der Waals surface area (Å²) in [6.07, 6.45) is 9.84. The van der Waals surface area contributed by atoms with E-state index in [0.29, 0.717) is 5.92 Å². The van der Waals surface area contributed by atoms with E-state index < -0.39 is 0 Å². The molecule has 122 valence electrons. The van der Waals surface area contributed by atoms with E-state index in [1.165, 1.54) is 62.9 Å². The number of rotatable bonds is 3. The van der Waals surface area contributed by atoms with Gasteiger partial charge in [-0.05, 0) is 49.9 Å². The number of nitrogens with zero attached hydrogens (tertiary/aromatic N) is 2. The average Bonchev–Trinajstić information content (AvgIpc) is 3.27. The molecule has 4 rings (SSSR count). The molecule has 0 spiro atoms. The average molecular weight is 313 g/mol. The molecule has 1 aliphatic heterocycles. The molecule has 2 fully saturated rings. The Morgan fingerprint density at radius 3 is 2.61 bits per heavy atom. The van der Waals surface area contributed by atoms with E-state index in [-0.39, 0.29) is 5.82 Å². The minimum Gasteiger partial charge on any atom is -0.300 e. The fraction of sp³-hybridized carbons (Fsp3) is 0.526. The van der Waals surface area contributed by atoms with Crippen molar-refractivity contribution in [3.05, 3.63) is 42.0 Å². The van der Waals surface area contributed by atoms with Gasteiger partial charge in [0.15, 0.2) is 0 Å². The highest BCUT2D eigenvalue weighted by atomic mass is 19.1. The summed E-state index contributed by atoms with van der Waals surface area (Å²) in [5.41, 5.74) is 3.40. The number of hydrogen-bond acceptors (Lipinski definition) is 2. The van der Waals surface area contributed by atoms with Crippen LogP contribution in [-0.4, -0.2) is 34.2 Å². The maximum absolute atomic E-state index is 13.2. The van der Waals surface area contributed by atoms with E-state index in [1.807, 2.05) is 18.3 Å². The molecule has 2 heterocycles. The van der Waals surface area contributed by atoms with Crippen LogP contribution < -0.4 is 0 Å². The van der Waals surface area contributed by atoms with Crippen molar-refractivity contribution in [2.24, 2.45) is 0 Å². The van der Waals surface area contributed by atoms with Gasteiger partial charge in [0.2, 0.25) is 0 Å². The number of piperidine rings is 1. The number of benzene rings is 1. The Hall–Kier alpha value is -1.68. The number of hydrogen-bond donors (Lipinski definition) is 1. The predicted octanol–water partition coefficient (Wildman–Crippen LogP) is 4.34. The van der Waals surface area contributed by atoms with Gasteiger partial charge in [-0.15, -0.1) is 0 Å². The van der Waals surface area contributed by atoms with Crippen molar-refractivity contribution in [2.45, 2.75) is 50.5 Å². The van der Waals surface area contributed by atoms with Gasteiger partial charge in [0.05, 0.1) is 6.20 Å². The Kier molecular flexibility index (Phi) is 4.17. The van der Waals surface area contributed by atoms with Crippen LogP contribution in [0.2, 0.25) is 0 Å². The highest BCUT2D eigenvalue weighted by Gasteiger charge is 2.30. The van der Waals surface area contributed by atoms with Crippen LogP contribution in [-0.2, 0) is 0 Å². The van der Waals surface area contributed by atoms with E-state index in [1.54, 1.807) is 0 Å². The number of likely N-dealkylation sites (tertiary alicyclic amines) is 1. The molecular formula is C19H24FN3. The van der Waals surface area contributed by atoms with Gasteiger partial charge in [0.1, 0.15) is 5.82 Å². The third-order valence-corrected chi connectivity index (χ3v) is 5.53. The van der Waals surface area contributed by atoms with Crippen LogP contribution in [0.3, 0.4) is 0 Å². The molecule has 3 nitrogen and oxygen atoms in total. The lowest BCUT2D eigenvalue weighted by atomic mass is 9.89. The lowest BCUT2D eigenvalue weighted by molar-refractivity contribution is 0.149. The Bertz CT molecular complexity index is 643. The molecule has 1 N–H and O–H groups in total. The van der Waals surface area contributed by atoms with Gasteiger partial charge in [-0.2, -0.15) is 5.10 Å². The van der Waals surface area contributed by atoms with Gasteiger partial charge in [-0.25, -0.2) is 4.39 Å². The highest BCUT2D eigenvalue weighted by Crippen LogP contribution is 2.35.